The van der Waals surface area contributed by atoms with Crippen molar-refractivity contribution < 1.29 is 9.53 Å². The number of aromatic nitrogens is 3. The van der Waals surface area contributed by atoms with Gasteiger partial charge in [-0.25, -0.2) is 14.8 Å². The quantitative estimate of drug-likeness (QED) is 0.744. The van der Waals surface area contributed by atoms with E-state index in [0.29, 0.717) is 5.52 Å². The van der Waals surface area contributed by atoms with Gasteiger partial charge in [0.05, 0.1) is 17.2 Å². The fourth-order valence-corrected chi connectivity index (χ4v) is 1.27. The summed E-state index contributed by atoms with van der Waals surface area (Å²) in [5.74, 6) is -0.419. The van der Waals surface area contributed by atoms with Crippen LogP contribution in [0.15, 0.2) is 18.5 Å². The number of carbonyl (C=O) groups is 1. The van der Waals surface area contributed by atoms with E-state index in [1.165, 1.54) is 0 Å². The largest absolute Gasteiger partial charge is 0.454 e. The van der Waals surface area contributed by atoms with Crippen LogP contribution in [0.3, 0.4) is 0 Å². The molecule has 0 bridgehead atoms. The van der Waals surface area contributed by atoms with Gasteiger partial charge in [-0.1, -0.05) is 0 Å². The molecule has 2 heterocycles. The number of nitrogens with one attached hydrogen (secondary N) is 1. The Morgan fingerprint density at radius 1 is 1.44 bits per heavy atom. The van der Waals surface area contributed by atoms with Crippen molar-refractivity contribution in [1.29, 1.82) is 0 Å². The molecular formula is C11H13N3O2. The highest BCUT2D eigenvalue weighted by atomic mass is 16.6. The van der Waals surface area contributed by atoms with E-state index in [1.807, 2.05) is 0 Å². The molecule has 2 aromatic heterocycles. The van der Waals surface area contributed by atoms with Crippen molar-refractivity contribution in [2.45, 2.75) is 26.4 Å². The third-order valence-electron chi connectivity index (χ3n) is 1.88. The Morgan fingerprint density at radius 2 is 2.19 bits per heavy atom. The van der Waals surface area contributed by atoms with E-state index in [1.54, 1.807) is 39.2 Å². The average molecular weight is 219 g/mol. The zero-order valence-corrected chi connectivity index (χ0v) is 9.44. The summed E-state index contributed by atoms with van der Waals surface area (Å²) in [6, 6.07) is 1.78. The topological polar surface area (TPSA) is 67.9 Å². The van der Waals surface area contributed by atoms with Crippen LogP contribution in [0.2, 0.25) is 0 Å². The molecule has 0 aromatic carbocycles. The molecular weight excluding hydrogens is 206 g/mol. The van der Waals surface area contributed by atoms with Crippen LogP contribution in [-0.2, 0) is 4.74 Å². The first-order valence-electron chi connectivity index (χ1n) is 4.99. The zero-order valence-electron chi connectivity index (χ0n) is 9.44. The molecule has 0 spiro atoms. The molecule has 0 aliphatic rings. The van der Waals surface area contributed by atoms with Gasteiger partial charge in [0.25, 0.3) is 0 Å². The molecule has 5 heteroatoms. The highest BCUT2D eigenvalue weighted by Gasteiger charge is 2.20. The predicted molar refractivity (Wildman–Crippen MR) is 59.1 cm³/mol. The molecule has 1 N–H and O–H groups in total. The molecule has 2 rings (SSSR count). The maximum atomic E-state index is 11.7. The summed E-state index contributed by atoms with van der Waals surface area (Å²) in [6.07, 6.45) is 3.32. The molecule has 0 unspecified atom stereocenters. The smallest absolute Gasteiger partial charge is 0.376 e. The number of aromatic amines is 1. The van der Waals surface area contributed by atoms with Crippen LogP contribution in [0.4, 0.5) is 0 Å². The molecule has 0 aliphatic heterocycles. The summed E-state index contributed by atoms with van der Waals surface area (Å²) in [7, 11) is 0. The summed E-state index contributed by atoms with van der Waals surface area (Å²) < 4.78 is 5.18. The van der Waals surface area contributed by atoms with Gasteiger partial charge in [-0.2, -0.15) is 0 Å². The van der Waals surface area contributed by atoms with E-state index in [2.05, 4.69) is 15.0 Å². The zero-order chi connectivity index (χ0) is 11.8. The Kier molecular flexibility index (Phi) is 2.38. The second-order valence-corrected chi connectivity index (χ2v) is 4.47. The van der Waals surface area contributed by atoms with Crippen molar-refractivity contribution in [2.24, 2.45) is 0 Å². The first-order chi connectivity index (χ1) is 7.46. The Labute approximate surface area is 92.9 Å². The fourth-order valence-electron chi connectivity index (χ4n) is 1.27. The molecule has 0 radical (unpaired) electrons. The molecule has 5 nitrogen and oxygen atoms in total. The van der Waals surface area contributed by atoms with E-state index in [0.717, 1.165) is 5.52 Å². The van der Waals surface area contributed by atoms with Crippen LogP contribution < -0.4 is 0 Å². The van der Waals surface area contributed by atoms with Crippen molar-refractivity contribution in [3.63, 3.8) is 0 Å². The SMILES string of the molecule is CC(C)(C)OC(=O)c1ncc2[nH]ccc2n1. The Balaban J connectivity index is 2.29. The normalized spacial score (nSPS) is 11.7. The maximum absolute atomic E-state index is 11.7. The molecule has 0 fully saturated rings. The lowest BCUT2D eigenvalue weighted by molar-refractivity contribution is 0.00561. The predicted octanol–water partition coefficient (Wildman–Crippen LogP) is 1.91. The number of esters is 1. The van der Waals surface area contributed by atoms with Crippen LogP contribution in [0.25, 0.3) is 11.0 Å². The lowest BCUT2D eigenvalue weighted by Gasteiger charge is -2.18. The first-order valence-corrected chi connectivity index (χ1v) is 4.99. The summed E-state index contributed by atoms with van der Waals surface area (Å²) in [6.45, 7) is 5.42. The van der Waals surface area contributed by atoms with Crippen LogP contribution in [0.5, 0.6) is 0 Å². The second-order valence-electron chi connectivity index (χ2n) is 4.47. The van der Waals surface area contributed by atoms with E-state index >= 15 is 0 Å². The van der Waals surface area contributed by atoms with Gasteiger partial charge in [0.2, 0.25) is 5.82 Å². The van der Waals surface area contributed by atoms with Gasteiger partial charge < -0.3 is 9.72 Å². The van der Waals surface area contributed by atoms with Gasteiger partial charge in [-0.3, -0.25) is 0 Å². The molecule has 2 aromatic rings. The second kappa shape index (κ2) is 3.59. The standard InChI is InChI=1S/C11H13N3O2/c1-11(2,3)16-10(15)9-13-6-8-7(14-9)4-5-12-8/h4-6,12H,1-3H3. The fraction of sp³-hybridized carbons (Fsp3) is 0.364. The van der Waals surface area contributed by atoms with Crippen molar-refractivity contribution in [3.05, 3.63) is 24.3 Å². The molecule has 0 saturated carbocycles. The minimum atomic E-state index is -0.534. The van der Waals surface area contributed by atoms with Gasteiger partial charge in [0.1, 0.15) is 5.60 Å². The summed E-state index contributed by atoms with van der Waals surface area (Å²) >= 11 is 0. The van der Waals surface area contributed by atoms with E-state index < -0.39 is 11.6 Å². The van der Waals surface area contributed by atoms with E-state index in [-0.39, 0.29) is 5.82 Å². The van der Waals surface area contributed by atoms with Gasteiger partial charge in [0.15, 0.2) is 0 Å². The van der Waals surface area contributed by atoms with E-state index in [9.17, 15) is 4.79 Å². The third kappa shape index (κ3) is 2.18. The number of rotatable bonds is 1. The summed E-state index contributed by atoms with van der Waals surface area (Å²) in [4.78, 5) is 22.7. The number of H-pyrrole nitrogens is 1. The highest BCUT2D eigenvalue weighted by Crippen LogP contribution is 2.12. The van der Waals surface area contributed by atoms with Crippen molar-refractivity contribution in [1.82, 2.24) is 15.0 Å². The minimum Gasteiger partial charge on any atom is -0.454 e. The number of hydrogen-bond donors (Lipinski definition) is 1. The van der Waals surface area contributed by atoms with Crippen LogP contribution in [0, 0.1) is 0 Å². The molecule has 0 amide bonds. The van der Waals surface area contributed by atoms with Gasteiger partial charge in [0, 0.05) is 6.20 Å². The molecule has 0 aliphatic carbocycles. The minimum absolute atomic E-state index is 0.0852. The summed E-state index contributed by atoms with van der Waals surface area (Å²) in [5.41, 5.74) is 0.969. The summed E-state index contributed by atoms with van der Waals surface area (Å²) in [5, 5.41) is 0. The Morgan fingerprint density at radius 3 is 2.88 bits per heavy atom. The number of fused-ring (bicyclic) bond motifs is 1. The van der Waals surface area contributed by atoms with Crippen LogP contribution in [-0.4, -0.2) is 26.5 Å². The van der Waals surface area contributed by atoms with Crippen molar-refractivity contribution >= 4 is 17.0 Å². The van der Waals surface area contributed by atoms with E-state index in [4.69, 9.17) is 4.74 Å². The Bertz CT molecular complexity index is 525. The molecule has 16 heavy (non-hydrogen) atoms. The molecule has 0 atom stereocenters. The van der Waals surface area contributed by atoms with Crippen molar-refractivity contribution in [3.8, 4) is 0 Å². The monoisotopic (exact) mass is 219 g/mol. The lowest BCUT2D eigenvalue weighted by atomic mass is 10.2. The van der Waals surface area contributed by atoms with Gasteiger partial charge in [-0.05, 0) is 26.8 Å². The number of ether oxygens (including phenoxy) is 1. The number of carbonyl (C=O) groups excluding carboxylic acids is 1. The number of nitrogens with zero attached hydrogens (tertiary/aromatic N) is 2. The molecule has 0 saturated heterocycles. The molecule has 84 valence electrons. The average Bonchev–Trinajstić information content (AvgIpc) is 2.61. The highest BCUT2D eigenvalue weighted by molar-refractivity contribution is 5.88. The first kappa shape index (κ1) is 10.6. The number of hydrogen-bond acceptors (Lipinski definition) is 4. The Hall–Kier alpha value is -1.91. The van der Waals surface area contributed by atoms with Crippen molar-refractivity contribution in [2.75, 3.05) is 0 Å². The van der Waals surface area contributed by atoms with Crippen LogP contribution in [0.1, 0.15) is 31.4 Å². The van der Waals surface area contributed by atoms with Crippen LogP contribution >= 0.6 is 0 Å². The van der Waals surface area contributed by atoms with Gasteiger partial charge in [-0.15, -0.1) is 0 Å². The van der Waals surface area contributed by atoms with Gasteiger partial charge >= 0.3 is 5.97 Å². The lowest BCUT2D eigenvalue weighted by Crippen LogP contribution is -2.25. The third-order valence-corrected chi connectivity index (χ3v) is 1.88. The maximum Gasteiger partial charge on any atom is 0.376 e.